The zero-order chi connectivity index (χ0) is 44.0. The average Bonchev–Trinajstić information content (AvgIpc) is 3.31. The summed E-state index contributed by atoms with van der Waals surface area (Å²) >= 11 is 1.76. The molecular weight excluding hydrogens is 813 g/mol. The van der Waals surface area contributed by atoms with Gasteiger partial charge in [-0.3, -0.25) is 4.79 Å². The number of rotatable bonds is 23. The number of hydrogen-bond acceptors (Lipinski definition) is 10. The Bertz CT molecular complexity index is 2170. The van der Waals surface area contributed by atoms with Crippen molar-refractivity contribution in [1.82, 2.24) is 4.90 Å². The topological polar surface area (TPSA) is 119 Å². The van der Waals surface area contributed by atoms with Gasteiger partial charge in [-0.25, -0.2) is 0 Å². The van der Waals surface area contributed by atoms with Crippen LogP contribution in [0.15, 0.2) is 137 Å². The van der Waals surface area contributed by atoms with Gasteiger partial charge in [0.2, 0.25) is 11.7 Å². The third kappa shape index (κ3) is 11.0. The highest BCUT2D eigenvalue weighted by atomic mass is 32.2. The average molecular weight is 875 g/mol. The molecule has 1 aliphatic heterocycles. The number of aliphatic hydroxyl groups is 2. The Kier molecular flexibility index (Phi) is 16.4. The number of carbonyl (C=O) groups is 1. The maximum atomic E-state index is 14.6. The van der Waals surface area contributed by atoms with E-state index in [1.807, 2.05) is 92.0 Å². The van der Waals surface area contributed by atoms with Gasteiger partial charge in [-0.1, -0.05) is 90.8 Å². The van der Waals surface area contributed by atoms with Gasteiger partial charge < -0.3 is 38.9 Å². The van der Waals surface area contributed by atoms with Crippen LogP contribution in [0.5, 0.6) is 17.2 Å². The Morgan fingerprint density at radius 1 is 0.921 bits per heavy atom. The zero-order valence-corrected chi connectivity index (χ0v) is 37.4. The van der Waals surface area contributed by atoms with Gasteiger partial charge in [-0.2, -0.15) is 0 Å². The van der Waals surface area contributed by atoms with Crippen LogP contribution in [0.3, 0.4) is 0 Å². The highest BCUT2D eigenvalue weighted by Gasteiger charge is 2.65. The molecule has 11 heteroatoms. The number of unbranched alkanes of at least 4 members (excludes halogenated alkanes) is 2. The van der Waals surface area contributed by atoms with Crippen molar-refractivity contribution in [3.05, 3.63) is 144 Å². The number of thioether (sulfide) groups is 1. The third-order valence-electron chi connectivity index (χ3n) is 12.6. The molecule has 2 N–H and O–H groups in total. The fraction of sp³-hybridized carbons (Fsp3) is 0.423. The lowest BCUT2D eigenvalue weighted by Gasteiger charge is -2.59. The van der Waals surface area contributed by atoms with Gasteiger partial charge in [-0.15, -0.1) is 18.3 Å². The molecule has 0 saturated heterocycles. The molecule has 0 aromatic heterocycles. The van der Waals surface area contributed by atoms with E-state index in [0.717, 1.165) is 65.2 Å². The molecule has 0 bridgehead atoms. The predicted molar refractivity (Wildman–Crippen MR) is 248 cm³/mol. The number of oxime groups is 1. The van der Waals surface area contributed by atoms with Crippen LogP contribution >= 0.6 is 11.8 Å². The van der Waals surface area contributed by atoms with Crippen LogP contribution in [0.4, 0.5) is 0 Å². The fourth-order valence-electron chi connectivity index (χ4n) is 9.67. The van der Waals surface area contributed by atoms with Crippen molar-refractivity contribution < 1.29 is 38.8 Å². The van der Waals surface area contributed by atoms with E-state index in [1.165, 1.54) is 4.90 Å². The minimum atomic E-state index is -1.34. The van der Waals surface area contributed by atoms with Crippen LogP contribution in [0, 0.1) is 17.8 Å². The number of amides is 1. The van der Waals surface area contributed by atoms with Gasteiger partial charge in [0.25, 0.3) is 0 Å². The van der Waals surface area contributed by atoms with Crippen LogP contribution in [-0.4, -0.2) is 84.9 Å². The van der Waals surface area contributed by atoms with Crippen LogP contribution in [0.25, 0.3) is 0 Å². The van der Waals surface area contributed by atoms with E-state index in [4.69, 9.17) is 28.9 Å². The zero-order valence-electron chi connectivity index (χ0n) is 36.6. The summed E-state index contributed by atoms with van der Waals surface area (Å²) in [5.41, 5.74) is 4.59. The van der Waals surface area contributed by atoms with Gasteiger partial charge in [0, 0.05) is 48.8 Å². The summed E-state index contributed by atoms with van der Waals surface area (Å²) in [6.45, 7) is 5.28. The summed E-state index contributed by atoms with van der Waals surface area (Å²) in [7, 11) is 3.45. The lowest BCUT2D eigenvalue weighted by atomic mass is 9.55. The maximum absolute atomic E-state index is 14.6. The van der Waals surface area contributed by atoms with Crippen LogP contribution < -0.4 is 14.2 Å². The van der Waals surface area contributed by atoms with Crippen molar-refractivity contribution in [2.24, 2.45) is 22.9 Å². The Hall–Kier alpha value is -5.07. The van der Waals surface area contributed by atoms with Gasteiger partial charge in [0.1, 0.15) is 29.9 Å². The molecule has 0 radical (unpaired) electrons. The number of nitrogens with zero attached hydrogens (tertiary/aromatic N) is 2. The summed E-state index contributed by atoms with van der Waals surface area (Å²) in [4.78, 5) is 23.8. The number of likely N-dealkylation sites (N-methyl/N-ethyl adjacent to an activating group) is 1. The molecule has 3 aliphatic rings. The molecule has 4 aromatic carbocycles. The number of aliphatic hydroxyl groups excluding tert-OH is 2. The van der Waals surface area contributed by atoms with E-state index in [1.54, 1.807) is 29.8 Å². The minimum Gasteiger partial charge on any atom is -0.497 e. The van der Waals surface area contributed by atoms with Crippen LogP contribution in [0.1, 0.15) is 67.6 Å². The fourth-order valence-corrected chi connectivity index (χ4v) is 10.4. The molecule has 1 saturated carbocycles. The Morgan fingerprint density at radius 2 is 1.67 bits per heavy atom. The normalized spacial score (nSPS) is 22.8. The van der Waals surface area contributed by atoms with Crippen molar-refractivity contribution in [2.75, 3.05) is 46.3 Å². The standard InChI is InChI=1S/C52H62N2O8S/c1-4-28-60-52-48(54(2)49(57)32-38-18-15-20-40(31-38)58-3)35-46(53-61-36-37-16-7-5-8-17-37)44-33-39(19-11-13-26-55)43(23-12-14-27-56)50(51(44)52)45-34-41(24-25-47(45)62-52)59-29-30-63-42-21-9-6-10-22-42/h4-10,15-18,20-22,24-25,31,33-34,39,43,48,50-51,55-56H,1,11-14,19,23,26-30,32,35-36H2,2-3H3/t39-,43+,48-,50+,51+,52+/m0/s1. The van der Waals surface area contributed by atoms with Crippen molar-refractivity contribution >= 4 is 23.4 Å². The minimum absolute atomic E-state index is 0.102. The molecule has 1 amide bonds. The first kappa shape index (κ1) is 45.9. The summed E-state index contributed by atoms with van der Waals surface area (Å²) in [6.07, 6.45) is 9.33. The van der Waals surface area contributed by atoms with E-state index in [9.17, 15) is 15.0 Å². The molecule has 2 aliphatic carbocycles. The molecular formula is C52H62N2O8S. The first-order valence-electron chi connectivity index (χ1n) is 22.3. The monoisotopic (exact) mass is 874 g/mol. The highest BCUT2D eigenvalue weighted by Crippen LogP contribution is 2.62. The molecule has 334 valence electrons. The van der Waals surface area contributed by atoms with Gasteiger partial charge in [-0.05, 0) is 96.7 Å². The first-order chi connectivity index (χ1) is 30.9. The molecule has 1 fully saturated rings. The molecule has 0 unspecified atom stereocenters. The van der Waals surface area contributed by atoms with E-state index in [2.05, 4.69) is 30.9 Å². The molecule has 4 aromatic rings. The summed E-state index contributed by atoms with van der Waals surface area (Å²) < 4.78 is 26.4. The predicted octanol–water partition coefficient (Wildman–Crippen LogP) is 9.40. The summed E-state index contributed by atoms with van der Waals surface area (Å²) in [6, 6.07) is 33.3. The number of fused-ring (bicyclic) bond motifs is 2. The van der Waals surface area contributed by atoms with E-state index in [0.29, 0.717) is 37.4 Å². The second-order valence-electron chi connectivity index (χ2n) is 16.6. The number of hydrogen-bond donors (Lipinski definition) is 2. The van der Waals surface area contributed by atoms with E-state index in [-0.39, 0.29) is 56.5 Å². The molecule has 0 spiro atoms. The second kappa shape index (κ2) is 22.5. The number of ether oxygens (including phenoxy) is 4. The Morgan fingerprint density at radius 3 is 2.41 bits per heavy atom. The number of methoxy groups -OCH3 is 1. The van der Waals surface area contributed by atoms with Crippen molar-refractivity contribution in [3.63, 3.8) is 0 Å². The molecule has 10 nitrogen and oxygen atoms in total. The maximum Gasteiger partial charge on any atom is 0.239 e. The smallest absolute Gasteiger partial charge is 0.239 e. The van der Waals surface area contributed by atoms with Crippen molar-refractivity contribution in [1.29, 1.82) is 0 Å². The number of carbonyl (C=O) groups excluding carboxylic acids is 1. The highest BCUT2D eigenvalue weighted by molar-refractivity contribution is 7.99. The van der Waals surface area contributed by atoms with Crippen molar-refractivity contribution in [2.45, 2.75) is 80.6 Å². The number of allylic oxidation sites excluding steroid dienone is 1. The lowest BCUT2D eigenvalue weighted by Crippen LogP contribution is -2.69. The number of benzene rings is 4. The van der Waals surface area contributed by atoms with Crippen LogP contribution in [-0.2, 0) is 27.4 Å². The SMILES string of the molecule is C=CCO[C@@]12Oc3ccc(OCCSc4ccccc4)cc3[C@H]3[C@H](CCCCO)[C@@H](CCCCO)C=C(C(=NOCc4ccccc4)C[C@@H]1N(C)C(=O)Cc1cccc(OC)c1)[C@H]32. The molecule has 6 atom stereocenters. The second-order valence-corrected chi connectivity index (χ2v) is 17.7. The largest absolute Gasteiger partial charge is 0.497 e. The first-order valence-corrected chi connectivity index (χ1v) is 23.3. The van der Waals surface area contributed by atoms with E-state index < -0.39 is 17.7 Å². The third-order valence-corrected chi connectivity index (χ3v) is 13.6. The quantitative estimate of drug-likeness (QED) is 0.0325. The molecule has 63 heavy (non-hydrogen) atoms. The lowest BCUT2D eigenvalue weighted by molar-refractivity contribution is -0.255. The van der Waals surface area contributed by atoms with Gasteiger partial charge >= 0.3 is 0 Å². The summed E-state index contributed by atoms with van der Waals surface area (Å²) in [5, 5.41) is 24.8. The van der Waals surface area contributed by atoms with Crippen molar-refractivity contribution in [3.8, 4) is 17.2 Å². The Balaban J connectivity index is 1.34. The van der Waals surface area contributed by atoms with Crippen LogP contribution in [0.2, 0.25) is 0 Å². The van der Waals surface area contributed by atoms with E-state index >= 15 is 0 Å². The Labute approximate surface area is 376 Å². The molecule has 1 heterocycles. The van der Waals surface area contributed by atoms with Gasteiger partial charge in [0.15, 0.2) is 0 Å². The summed E-state index contributed by atoms with van der Waals surface area (Å²) in [5.74, 6) is 1.12. The molecule has 7 rings (SSSR count). The van der Waals surface area contributed by atoms with Gasteiger partial charge in [0.05, 0.1) is 38.4 Å².